The fourth-order valence-electron chi connectivity index (χ4n) is 1.31. The number of thiazole rings is 1. The number of ketones is 1. The Labute approximate surface area is 119 Å². The lowest BCUT2D eigenvalue weighted by molar-refractivity contribution is -0.137. The zero-order valence-corrected chi connectivity index (χ0v) is 11.4. The maximum atomic E-state index is 13.3. The molecule has 1 aromatic carbocycles. The van der Waals surface area contributed by atoms with Crippen LogP contribution in [-0.2, 0) is 6.18 Å². The van der Waals surface area contributed by atoms with E-state index >= 15 is 0 Å². The van der Waals surface area contributed by atoms with Crippen molar-refractivity contribution in [3.05, 3.63) is 46.2 Å². The molecule has 0 saturated carbocycles. The van der Waals surface area contributed by atoms with Gasteiger partial charge in [-0.15, -0.1) is 23.1 Å². The second-order valence-corrected chi connectivity index (χ2v) is 5.72. The number of aromatic nitrogens is 1. The minimum absolute atomic E-state index is 0.0823. The monoisotopic (exact) mass is 321 g/mol. The van der Waals surface area contributed by atoms with E-state index in [1.807, 2.05) is 0 Å². The maximum Gasteiger partial charge on any atom is 0.443 e. The Hall–Kier alpha value is -1.41. The number of halogens is 4. The van der Waals surface area contributed by atoms with Gasteiger partial charge in [0.15, 0.2) is 10.8 Å². The number of alkyl halides is 3. The minimum atomic E-state index is -4.55. The number of hydrogen-bond donors (Lipinski definition) is 0. The summed E-state index contributed by atoms with van der Waals surface area (Å²) in [5.74, 6) is -1.11. The van der Waals surface area contributed by atoms with E-state index < -0.39 is 22.8 Å². The van der Waals surface area contributed by atoms with Crippen molar-refractivity contribution >= 4 is 28.9 Å². The third kappa shape index (κ3) is 3.57. The average Bonchev–Trinajstić information content (AvgIpc) is 2.87. The zero-order chi connectivity index (χ0) is 14.8. The van der Waals surface area contributed by atoms with Gasteiger partial charge >= 0.3 is 6.18 Å². The first kappa shape index (κ1) is 15.0. The highest BCUT2D eigenvalue weighted by atomic mass is 32.2. The molecule has 1 aromatic heterocycles. The number of carbonyl (C=O) groups excluding carboxylic acids is 1. The summed E-state index contributed by atoms with van der Waals surface area (Å²) in [6, 6.07) is 5.88. The molecule has 2 aromatic rings. The van der Waals surface area contributed by atoms with E-state index in [1.165, 1.54) is 18.2 Å². The predicted octanol–water partition coefficient (Wildman–Crippen LogP) is 4.28. The zero-order valence-electron chi connectivity index (χ0n) is 9.78. The number of thioether (sulfide) groups is 1. The van der Waals surface area contributed by atoms with Crippen LogP contribution in [0, 0.1) is 5.82 Å². The van der Waals surface area contributed by atoms with Crippen molar-refractivity contribution in [1.29, 1.82) is 0 Å². The minimum Gasteiger partial charge on any atom is -0.292 e. The molecule has 2 nitrogen and oxygen atoms in total. The second kappa shape index (κ2) is 5.92. The first-order valence-electron chi connectivity index (χ1n) is 5.31. The van der Waals surface area contributed by atoms with Crippen molar-refractivity contribution < 1.29 is 22.4 Å². The average molecular weight is 321 g/mol. The molecule has 0 aliphatic rings. The second-order valence-electron chi connectivity index (χ2n) is 3.67. The first-order chi connectivity index (χ1) is 9.38. The third-order valence-electron chi connectivity index (χ3n) is 2.22. The normalized spacial score (nSPS) is 11.6. The summed E-state index contributed by atoms with van der Waals surface area (Å²) in [6.07, 6.45) is -3.65. The van der Waals surface area contributed by atoms with Crippen molar-refractivity contribution in [2.24, 2.45) is 0 Å². The molecule has 0 spiro atoms. The SMILES string of the molecule is O=C(CSc1ccccc1F)c1cnc(C(F)(F)F)s1. The van der Waals surface area contributed by atoms with Crippen LogP contribution in [0.1, 0.15) is 14.7 Å². The lowest BCUT2D eigenvalue weighted by Gasteiger charge is -2.01. The van der Waals surface area contributed by atoms with Gasteiger partial charge in [0.2, 0.25) is 0 Å². The summed E-state index contributed by atoms with van der Waals surface area (Å²) in [5, 5.41) is -1.06. The van der Waals surface area contributed by atoms with E-state index in [0.717, 1.165) is 18.0 Å². The van der Waals surface area contributed by atoms with E-state index in [2.05, 4.69) is 4.98 Å². The van der Waals surface area contributed by atoms with Gasteiger partial charge in [0.05, 0.1) is 10.6 Å². The van der Waals surface area contributed by atoms with Gasteiger partial charge in [-0.1, -0.05) is 12.1 Å². The van der Waals surface area contributed by atoms with Crippen LogP contribution in [0.2, 0.25) is 0 Å². The summed E-state index contributed by atoms with van der Waals surface area (Å²) >= 11 is 1.23. The fourth-order valence-corrected chi connectivity index (χ4v) is 2.95. The molecule has 8 heteroatoms. The lowest BCUT2D eigenvalue weighted by atomic mass is 10.3. The summed E-state index contributed by atoms with van der Waals surface area (Å²) in [5.41, 5.74) is 0. The van der Waals surface area contributed by atoms with E-state index in [1.54, 1.807) is 6.07 Å². The van der Waals surface area contributed by atoms with Crippen LogP contribution in [0.25, 0.3) is 0 Å². The Balaban J connectivity index is 2.02. The highest BCUT2D eigenvalue weighted by Gasteiger charge is 2.35. The van der Waals surface area contributed by atoms with Crippen LogP contribution in [0.15, 0.2) is 35.4 Å². The topological polar surface area (TPSA) is 30.0 Å². The summed E-state index contributed by atoms with van der Waals surface area (Å²) in [7, 11) is 0. The van der Waals surface area contributed by atoms with Gasteiger partial charge in [0, 0.05) is 11.1 Å². The molecule has 0 atom stereocenters. The van der Waals surface area contributed by atoms with Gasteiger partial charge in [-0.3, -0.25) is 4.79 Å². The van der Waals surface area contributed by atoms with Gasteiger partial charge in [-0.2, -0.15) is 13.2 Å². The Morgan fingerprint density at radius 1 is 1.30 bits per heavy atom. The van der Waals surface area contributed by atoms with E-state index in [-0.39, 0.29) is 15.5 Å². The van der Waals surface area contributed by atoms with Gasteiger partial charge < -0.3 is 0 Å². The molecule has 1 heterocycles. The molecule has 0 amide bonds. The molecule has 0 unspecified atom stereocenters. The van der Waals surface area contributed by atoms with Crippen LogP contribution in [0.3, 0.4) is 0 Å². The van der Waals surface area contributed by atoms with Crippen molar-refractivity contribution in [3.63, 3.8) is 0 Å². The molecule has 2 rings (SSSR count). The van der Waals surface area contributed by atoms with E-state index in [4.69, 9.17) is 0 Å². The third-order valence-corrected chi connectivity index (χ3v) is 4.35. The summed E-state index contributed by atoms with van der Waals surface area (Å²) in [6.45, 7) is 0. The Morgan fingerprint density at radius 3 is 2.60 bits per heavy atom. The molecule has 0 radical (unpaired) electrons. The van der Waals surface area contributed by atoms with Crippen LogP contribution in [0.5, 0.6) is 0 Å². The Morgan fingerprint density at radius 2 is 2.00 bits per heavy atom. The molecular weight excluding hydrogens is 314 g/mol. The van der Waals surface area contributed by atoms with Gasteiger partial charge in [-0.05, 0) is 12.1 Å². The number of rotatable bonds is 4. The number of Topliss-reactive ketones (excluding diaryl/α,β-unsaturated/α-hetero) is 1. The highest BCUT2D eigenvalue weighted by molar-refractivity contribution is 8.00. The molecule has 0 fully saturated rings. The fraction of sp³-hybridized carbons (Fsp3) is 0.167. The van der Waals surface area contributed by atoms with Crippen LogP contribution >= 0.6 is 23.1 Å². The quantitative estimate of drug-likeness (QED) is 0.478. The van der Waals surface area contributed by atoms with Crippen molar-refractivity contribution in [1.82, 2.24) is 4.98 Å². The van der Waals surface area contributed by atoms with Crippen molar-refractivity contribution in [2.45, 2.75) is 11.1 Å². The van der Waals surface area contributed by atoms with E-state index in [0.29, 0.717) is 11.3 Å². The maximum absolute atomic E-state index is 13.3. The smallest absolute Gasteiger partial charge is 0.292 e. The molecule has 20 heavy (non-hydrogen) atoms. The highest BCUT2D eigenvalue weighted by Crippen LogP contribution is 2.33. The van der Waals surface area contributed by atoms with Crippen LogP contribution < -0.4 is 0 Å². The number of benzene rings is 1. The van der Waals surface area contributed by atoms with Crippen LogP contribution in [0.4, 0.5) is 17.6 Å². The van der Waals surface area contributed by atoms with Crippen molar-refractivity contribution in [3.8, 4) is 0 Å². The van der Waals surface area contributed by atoms with E-state index in [9.17, 15) is 22.4 Å². The molecule has 106 valence electrons. The number of carbonyl (C=O) groups is 1. The lowest BCUT2D eigenvalue weighted by Crippen LogP contribution is -2.03. The Bertz CT molecular complexity index is 624. The summed E-state index contributed by atoms with van der Waals surface area (Å²) < 4.78 is 50.4. The number of hydrogen-bond acceptors (Lipinski definition) is 4. The molecule has 0 aliphatic heterocycles. The van der Waals surface area contributed by atoms with Gasteiger partial charge in [0.25, 0.3) is 0 Å². The molecule has 0 N–H and O–H groups in total. The predicted molar refractivity (Wildman–Crippen MR) is 68.6 cm³/mol. The molecule has 0 bridgehead atoms. The Kier molecular flexibility index (Phi) is 4.44. The van der Waals surface area contributed by atoms with Gasteiger partial charge in [0.1, 0.15) is 5.82 Å². The largest absolute Gasteiger partial charge is 0.443 e. The van der Waals surface area contributed by atoms with Gasteiger partial charge in [-0.25, -0.2) is 9.37 Å². The van der Waals surface area contributed by atoms with Crippen molar-refractivity contribution in [2.75, 3.05) is 5.75 Å². The summed E-state index contributed by atoms with van der Waals surface area (Å²) in [4.78, 5) is 15.1. The standard InChI is InChI=1S/C12H7F4NOS2/c13-7-3-1-2-4-9(7)19-6-8(18)10-5-17-11(20-10)12(14,15)16/h1-5H,6H2. The van der Waals surface area contributed by atoms with Crippen LogP contribution in [-0.4, -0.2) is 16.5 Å². The first-order valence-corrected chi connectivity index (χ1v) is 7.11. The molecule has 0 aliphatic carbocycles. The molecule has 0 saturated heterocycles. The molecular formula is C12H7F4NOS2. The number of nitrogens with zero attached hydrogens (tertiary/aromatic N) is 1.